The van der Waals surface area contributed by atoms with Gasteiger partial charge in [-0.15, -0.1) is 0 Å². The summed E-state index contributed by atoms with van der Waals surface area (Å²) in [7, 11) is 0. The van der Waals surface area contributed by atoms with Crippen LogP contribution in [0.2, 0.25) is 0 Å². The van der Waals surface area contributed by atoms with Gasteiger partial charge in [0.15, 0.2) is 0 Å². The molecule has 40 heavy (non-hydrogen) atoms. The molecule has 0 fully saturated rings. The van der Waals surface area contributed by atoms with E-state index in [4.69, 9.17) is 4.74 Å². The van der Waals surface area contributed by atoms with Gasteiger partial charge in [-0.2, -0.15) is 12.6 Å². The number of carbonyl (C=O) groups excluding carboxylic acids is 3. The zero-order valence-electron chi connectivity index (χ0n) is 24.8. The molecule has 0 saturated heterocycles. The van der Waals surface area contributed by atoms with Crippen LogP contribution >= 0.6 is 12.6 Å². The van der Waals surface area contributed by atoms with Gasteiger partial charge < -0.3 is 25.4 Å². The highest BCUT2D eigenvalue weighted by Gasteiger charge is 2.37. The number of rotatable bonds is 12. The van der Waals surface area contributed by atoms with Crippen molar-refractivity contribution in [2.45, 2.75) is 91.8 Å². The van der Waals surface area contributed by atoms with Gasteiger partial charge in [-0.05, 0) is 64.7 Å². The summed E-state index contributed by atoms with van der Waals surface area (Å²) in [6.45, 7) is 13.1. The van der Waals surface area contributed by atoms with E-state index in [0.29, 0.717) is 23.2 Å². The average Bonchev–Trinajstić information content (AvgIpc) is 2.87. The van der Waals surface area contributed by atoms with Gasteiger partial charge in [0.1, 0.15) is 23.4 Å². The summed E-state index contributed by atoms with van der Waals surface area (Å²) in [5.41, 5.74) is 2.54. The second kappa shape index (κ2) is 15.0. The first kappa shape index (κ1) is 33.0. The zero-order chi connectivity index (χ0) is 30.0. The number of alkyl carbamates (subject to hydrolysis) is 1. The van der Waals surface area contributed by atoms with Crippen LogP contribution in [0.3, 0.4) is 0 Å². The molecule has 2 unspecified atom stereocenters. The number of ether oxygens (including phenoxy) is 1. The number of aromatic hydroxyl groups is 1. The van der Waals surface area contributed by atoms with E-state index in [0.717, 1.165) is 30.4 Å². The van der Waals surface area contributed by atoms with E-state index in [-0.39, 0.29) is 18.0 Å². The molecular weight excluding hydrogens is 526 g/mol. The first-order chi connectivity index (χ1) is 18.8. The van der Waals surface area contributed by atoms with Crippen molar-refractivity contribution in [2.24, 2.45) is 0 Å². The minimum atomic E-state index is -1.16. The summed E-state index contributed by atoms with van der Waals surface area (Å²) in [5, 5.41) is 16.7. The molecule has 0 aliphatic carbocycles. The molecule has 8 nitrogen and oxygen atoms in total. The van der Waals surface area contributed by atoms with Crippen molar-refractivity contribution in [2.75, 3.05) is 17.6 Å². The third-order valence-electron chi connectivity index (χ3n) is 6.56. The predicted octanol–water partition coefficient (Wildman–Crippen LogP) is 6.23. The molecule has 3 N–H and O–H groups in total. The summed E-state index contributed by atoms with van der Waals surface area (Å²) in [5.74, 6) is -1.01. The Morgan fingerprint density at radius 1 is 0.975 bits per heavy atom. The second-order valence-electron chi connectivity index (χ2n) is 11.1. The molecule has 2 rings (SSSR count). The number of hydrogen-bond acceptors (Lipinski definition) is 6. The summed E-state index contributed by atoms with van der Waals surface area (Å²) >= 11 is 4.34. The van der Waals surface area contributed by atoms with Crippen molar-refractivity contribution in [1.29, 1.82) is 0 Å². The van der Waals surface area contributed by atoms with Crippen LogP contribution in [0.5, 0.6) is 5.75 Å². The minimum Gasteiger partial charge on any atom is -0.507 e. The fourth-order valence-electron chi connectivity index (χ4n) is 4.47. The van der Waals surface area contributed by atoms with Gasteiger partial charge in [0.25, 0.3) is 5.91 Å². The van der Waals surface area contributed by atoms with Crippen LogP contribution in [0.1, 0.15) is 81.7 Å². The van der Waals surface area contributed by atoms with E-state index < -0.39 is 35.6 Å². The number of phenolic OH excluding ortho intramolecular Hbond substituents is 1. The Morgan fingerprint density at radius 3 is 2.15 bits per heavy atom. The molecule has 2 atom stereocenters. The van der Waals surface area contributed by atoms with Crippen LogP contribution in [-0.2, 0) is 14.3 Å². The molecule has 220 valence electrons. The number of amides is 3. The van der Waals surface area contributed by atoms with Gasteiger partial charge in [-0.3, -0.25) is 9.59 Å². The van der Waals surface area contributed by atoms with Crippen molar-refractivity contribution in [3.8, 4) is 5.75 Å². The number of anilines is 1. The lowest BCUT2D eigenvalue weighted by atomic mass is 9.98. The average molecular weight is 572 g/mol. The Kier molecular flexibility index (Phi) is 12.4. The van der Waals surface area contributed by atoms with E-state index in [1.165, 1.54) is 4.90 Å². The molecule has 0 aromatic heterocycles. The smallest absolute Gasteiger partial charge is 0.408 e. The van der Waals surface area contributed by atoms with Gasteiger partial charge in [-0.25, -0.2) is 4.79 Å². The Labute approximate surface area is 244 Å². The normalized spacial score (nSPS) is 12.8. The van der Waals surface area contributed by atoms with Crippen LogP contribution in [0.4, 0.5) is 10.5 Å². The van der Waals surface area contributed by atoms with Crippen LogP contribution in [0.25, 0.3) is 0 Å². The van der Waals surface area contributed by atoms with Gasteiger partial charge in [0, 0.05) is 23.5 Å². The highest BCUT2D eigenvalue weighted by atomic mass is 32.1. The minimum absolute atomic E-state index is 0.00538. The number of para-hydroxylation sites is 2. The van der Waals surface area contributed by atoms with Crippen molar-refractivity contribution >= 4 is 36.2 Å². The standard InChI is InChI=1S/C31H45N3O5S/c1-8-9-10-11-18-34(29(37)24(19-40)32-30(38)39-31(5,6)7)26(23-17-13-16-22(4)27(23)35)28(36)33-25-20(2)14-12-15-21(25)3/h12-17,24,26,35,40H,8-11,18-19H2,1-7H3,(H,32,38)(H,33,36). The number of aryl methyl sites for hydroxylation is 3. The highest BCUT2D eigenvalue weighted by molar-refractivity contribution is 7.80. The van der Waals surface area contributed by atoms with E-state index >= 15 is 0 Å². The number of nitrogens with one attached hydrogen (secondary N) is 2. The molecule has 0 aliphatic heterocycles. The van der Waals surface area contributed by atoms with Crippen molar-refractivity contribution in [1.82, 2.24) is 10.2 Å². The van der Waals surface area contributed by atoms with Gasteiger partial charge in [-0.1, -0.05) is 62.6 Å². The first-order valence-electron chi connectivity index (χ1n) is 13.9. The SMILES string of the molecule is CCCCCCN(C(=O)C(CS)NC(=O)OC(C)(C)C)C(C(=O)Nc1c(C)cccc1C)c1cccc(C)c1O. The maximum absolute atomic E-state index is 14.1. The molecule has 0 radical (unpaired) electrons. The van der Waals surface area contributed by atoms with Crippen LogP contribution < -0.4 is 10.6 Å². The molecule has 0 saturated carbocycles. The Balaban J connectivity index is 2.58. The van der Waals surface area contributed by atoms with E-state index in [1.807, 2.05) is 32.0 Å². The third-order valence-corrected chi connectivity index (χ3v) is 6.93. The lowest BCUT2D eigenvalue weighted by Gasteiger charge is -2.35. The lowest BCUT2D eigenvalue weighted by Crippen LogP contribution is -2.53. The number of benzene rings is 2. The molecule has 2 aromatic carbocycles. The number of phenols is 1. The number of carbonyl (C=O) groups is 3. The van der Waals surface area contributed by atoms with Crippen molar-refractivity contribution in [3.05, 3.63) is 58.7 Å². The molecule has 0 spiro atoms. The maximum atomic E-state index is 14.1. The molecule has 3 amide bonds. The highest BCUT2D eigenvalue weighted by Crippen LogP contribution is 2.34. The number of nitrogens with zero attached hydrogens (tertiary/aromatic N) is 1. The van der Waals surface area contributed by atoms with Crippen LogP contribution in [0.15, 0.2) is 36.4 Å². The monoisotopic (exact) mass is 571 g/mol. The summed E-state index contributed by atoms with van der Waals surface area (Å²) in [4.78, 5) is 42.2. The molecule has 2 aromatic rings. The second-order valence-corrected chi connectivity index (χ2v) is 11.5. The topological polar surface area (TPSA) is 108 Å². The number of thiol groups is 1. The summed E-state index contributed by atoms with van der Waals surface area (Å²) in [6.07, 6.45) is 2.73. The largest absolute Gasteiger partial charge is 0.507 e. The predicted molar refractivity (Wildman–Crippen MR) is 163 cm³/mol. The Bertz CT molecular complexity index is 1160. The zero-order valence-corrected chi connectivity index (χ0v) is 25.7. The molecule has 0 bridgehead atoms. The Hall–Kier alpha value is -3.20. The fourth-order valence-corrected chi connectivity index (χ4v) is 4.71. The fraction of sp³-hybridized carbons (Fsp3) is 0.516. The van der Waals surface area contributed by atoms with Crippen molar-refractivity contribution < 1.29 is 24.2 Å². The molecule has 0 aliphatic rings. The molecular formula is C31H45N3O5S. The van der Waals surface area contributed by atoms with E-state index in [2.05, 4.69) is 30.2 Å². The van der Waals surface area contributed by atoms with Crippen LogP contribution in [-0.4, -0.2) is 51.9 Å². The number of unbranched alkanes of at least 4 members (excludes halogenated alkanes) is 3. The number of hydrogen-bond donors (Lipinski definition) is 4. The molecule has 0 heterocycles. The lowest BCUT2D eigenvalue weighted by molar-refractivity contribution is -0.140. The first-order valence-corrected chi connectivity index (χ1v) is 14.5. The van der Waals surface area contributed by atoms with Crippen LogP contribution in [0, 0.1) is 20.8 Å². The summed E-state index contributed by atoms with van der Waals surface area (Å²) < 4.78 is 5.37. The maximum Gasteiger partial charge on any atom is 0.408 e. The van der Waals surface area contributed by atoms with Gasteiger partial charge in [0.05, 0.1) is 0 Å². The Morgan fingerprint density at radius 2 is 1.57 bits per heavy atom. The summed E-state index contributed by atoms with van der Waals surface area (Å²) in [6, 6.07) is 8.65. The quantitative estimate of drug-likeness (QED) is 0.178. The molecule has 9 heteroatoms. The van der Waals surface area contributed by atoms with E-state index in [1.54, 1.807) is 45.9 Å². The van der Waals surface area contributed by atoms with E-state index in [9.17, 15) is 19.5 Å². The van der Waals surface area contributed by atoms with Crippen molar-refractivity contribution in [3.63, 3.8) is 0 Å². The van der Waals surface area contributed by atoms with Gasteiger partial charge >= 0.3 is 6.09 Å². The third kappa shape index (κ3) is 9.18. The van der Waals surface area contributed by atoms with Gasteiger partial charge in [0.2, 0.25) is 5.91 Å².